The summed E-state index contributed by atoms with van der Waals surface area (Å²) in [5.74, 6) is 0.391. The molecule has 0 amide bonds. The number of hydrogen-bond acceptors (Lipinski definition) is 3. The number of halogens is 1. The second-order valence-electron chi connectivity index (χ2n) is 4.50. The van der Waals surface area contributed by atoms with Crippen LogP contribution in [-0.2, 0) is 9.84 Å². The minimum atomic E-state index is -2.99. The van der Waals surface area contributed by atoms with Gasteiger partial charge in [-0.25, -0.2) is 8.42 Å². The molecule has 20 heavy (non-hydrogen) atoms. The van der Waals surface area contributed by atoms with E-state index in [-0.39, 0.29) is 48.0 Å². The maximum absolute atomic E-state index is 11.3. The quantitative estimate of drug-likeness (QED) is 0.442. The summed E-state index contributed by atoms with van der Waals surface area (Å²) in [6, 6.07) is 5.97. The molecule has 0 unspecified atom stereocenters. The van der Waals surface area contributed by atoms with Gasteiger partial charge in [-0.15, -0.1) is 24.0 Å². The van der Waals surface area contributed by atoms with Crippen LogP contribution in [0.3, 0.4) is 0 Å². The number of hydrogen-bond donors (Lipinski definition) is 2. The standard InChI is InChI=1S/C13H21N3O2S.HI/c1-4-19(17,18)6-5-15-13(14)16-12-8-10(2)7-11(3)9-12;/h7-9H,4-6H2,1-3H3,(H3,14,15,16);1H. The Morgan fingerprint density at radius 2 is 1.80 bits per heavy atom. The minimum Gasteiger partial charge on any atom is -0.370 e. The molecule has 114 valence electrons. The van der Waals surface area contributed by atoms with E-state index in [4.69, 9.17) is 5.73 Å². The van der Waals surface area contributed by atoms with Gasteiger partial charge < -0.3 is 11.1 Å². The zero-order chi connectivity index (χ0) is 14.5. The highest BCUT2D eigenvalue weighted by atomic mass is 127. The SMILES string of the molecule is CCS(=O)(=O)CCN=C(N)Nc1cc(C)cc(C)c1.I. The summed E-state index contributed by atoms with van der Waals surface area (Å²) in [7, 11) is -2.99. The van der Waals surface area contributed by atoms with Crippen molar-refractivity contribution in [2.45, 2.75) is 20.8 Å². The number of rotatable bonds is 5. The third kappa shape index (κ3) is 7.09. The smallest absolute Gasteiger partial charge is 0.193 e. The van der Waals surface area contributed by atoms with E-state index in [0.717, 1.165) is 16.8 Å². The molecule has 3 N–H and O–H groups in total. The molecule has 0 aliphatic heterocycles. The third-order valence-corrected chi connectivity index (χ3v) is 4.30. The normalized spacial score (nSPS) is 11.8. The molecule has 0 heterocycles. The highest BCUT2D eigenvalue weighted by Gasteiger charge is 2.06. The Labute approximate surface area is 138 Å². The van der Waals surface area contributed by atoms with E-state index in [2.05, 4.69) is 16.4 Å². The predicted molar refractivity (Wildman–Crippen MR) is 95.8 cm³/mol. The van der Waals surface area contributed by atoms with Crippen molar-refractivity contribution in [1.82, 2.24) is 0 Å². The second-order valence-corrected chi connectivity index (χ2v) is 6.98. The second kappa shape index (κ2) is 8.46. The van der Waals surface area contributed by atoms with Crippen molar-refractivity contribution in [3.05, 3.63) is 29.3 Å². The van der Waals surface area contributed by atoms with Crippen LogP contribution >= 0.6 is 24.0 Å². The van der Waals surface area contributed by atoms with Crippen LogP contribution in [0.25, 0.3) is 0 Å². The van der Waals surface area contributed by atoms with E-state index in [1.54, 1.807) is 6.92 Å². The van der Waals surface area contributed by atoms with Crippen LogP contribution < -0.4 is 11.1 Å². The minimum absolute atomic E-state index is 0. The molecule has 1 aromatic carbocycles. The van der Waals surface area contributed by atoms with Crippen molar-refractivity contribution in [1.29, 1.82) is 0 Å². The van der Waals surface area contributed by atoms with Gasteiger partial charge in [0.2, 0.25) is 0 Å². The zero-order valence-electron chi connectivity index (χ0n) is 12.0. The molecule has 0 aliphatic carbocycles. The number of aryl methyl sites for hydroxylation is 2. The van der Waals surface area contributed by atoms with Crippen LogP contribution in [0.2, 0.25) is 0 Å². The van der Waals surface area contributed by atoms with E-state index >= 15 is 0 Å². The number of sulfone groups is 1. The Morgan fingerprint density at radius 3 is 2.30 bits per heavy atom. The van der Waals surface area contributed by atoms with Gasteiger partial charge in [0.25, 0.3) is 0 Å². The summed E-state index contributed by atoms with van der Waals surface area (Å²) in [6.07, 6.45) is 0. The molecule has 0 saturated heterocycles. The molecule has 7 heteroatoms. The van der Waals surface area contributed by atoms with E-state index in [0.29, 0.717) is 0 Å². The Balaban J connectivity index is 0.00000361. The predicted octanol–water partition coefficient (Wildman–Crippen LogP) is 2.08. The first kappa shape index (κ1) is 19.2. The fourth-order valence-electron chi connectivity index (χ4n) is 1.68. The molecule has 0 aliphatic rings. The maximum Gasteiger partial charge on any atom is 0.193 e. The summed E-state index contributed by atoms with van der Waals surface area (Å²) in [4.78, 5) is 4.02. The highest BCUT2D eigenvalue weighted by molar-refractivity contribution is 14.0. The third-order valence-electron chi connectivity index (χ3n) is 2.62. The first-order valence-electron chi connectivity index (χ1n) is 6.18. The van der Waals surface area contributed by atoms with Crippen LogP contribution in [0.1, 0.15) is 18.1 Å². The monoisotopic (exact) mass is 411 g/mol. The number of nitrogens with zero attached hydrogens (tertiary/aromatic N) is 1. The van der Waals surface area contributed by atoms with Crippen molar-refractivity contribution >= 4 is 45.5 Å². The van der Waals surface area contributed by atoms with E-state index < -0.39 is 9.84 Å². The van der Waals surface area contributed by atoms with E-state index in [1.807, 2.05) is 26.0 Å². The van der Waals surface area contributed by atoms with E-state index in [1.165, 1.54) is 0 Å². The fraction of sp³-hybridized carbons (Fsp3) is 0.462. The lowest BCUT2D eigenvalue weighted by Crippen LogP contribution is -2.24. The summed E-state index contributed by atoms with van der Waals surface area (Å²) in [5, 5.41) is 2.96. The molecule has 0 radical (unpaired) electrons. The summed E-state index contributed by atoms with van der Waals surface area (Å²) in [6.45, 7) is 5.80. The zero-order valence-corrected chi connectivity index (χ0v) is 15.2. The fourth-order valence-corrected chi connectivity index (χ4v) is 2.34. The Hall–Kier alpha value is -0.830. The first-order valence-corrected chi connectivity index (χ1v) is 8.00. The highest BCUT2D eigenvalue weighted by Crippen LogP contribution is 2.13. The number of benzene rings is 1. The van der Waals surface area contributed by atoms with Crippen LogP contribution in [-0.4, -0.2) is 32.4 Å². The number of anilines is 1. The van der Waals surface area contributed by atoms with Gasteiger partial charge in [-0.1, -0.05) is 13.0 Å². The van der Waals surface area contributed by atoms with Crippen LogP contribution in [0.15, 0.2) is 23.2 Å². The van der Waals surface area contributed by atoms with Crippen molar-refractivity contribution in [3.63, 3.8) is 0 Å². The average Bonchev–Trinajstić information content (AvgIpc) is 2.27. The first-order chi connectivity index (χ1) is 8.82. The van der Waals surface area contributed by atoms with Gasteiger partial charge in [-0.05, 0) is 37.1 Å². The average molecular weight is 411 g/mol. The lowest BCUT2D eigenvalue weighted by Gasteiger charge is -2.08. The molecule has 0 fully saturated rings. The number of nitrogens with one attached hydrogen (secondary N) is 1. The molecule has 0 spiro atoms. The maximum atomic E-state index is 11.3. The van der Waals surface area contributed by atoms with Gasteiger partial charge in [-0.2, -0.15) is 0 Å². The lowest BCUT2D eigenvalue weighted by atomic mass is 10.1. The van der Waals surface area contributed by atoms with Gasteiger partial charge in [0, 0.05) is 11.4 Å². The largest absolute Gasteiger partial charge is 0.370 e. The molecule has 0 aromatic heterocycles. The van der Waals surface area contributed by atoms with Crippen molar-refractivity contribution < 1.29 is 8.42 Å². The molecule has 5 nitrogen and oxygen atoms in total. The molecule has 0 atom stereocenters. The topological polar surface area (TPSA) is 84.5 Å². The lowest BCUT2D eigenvalue weighted by molar-refractivity contribution is 0.597. The molecular formula is C13H22IN3O2S. The Bertz CT molecular complexity index is 551. The molecule has 0 bridgehead atoms. The summed E-state index contributed by atoms with van der Waals surface area (Å²) < 4.78 is 22.6. The van der Waals surface area contributed by atoms with Gasteiger partial charge in [0.05, 0.1) is 12.3 Å². The van der Waals surface area contributed by atoms with Crippen LogP contribution in [0.5, 0.6) is 0 Å². The summed E-state index contributed by atoms with van der Waals surface area (Å²) in [5.41, 5.74) is 8.84. The van der Waals surface area contributed by atoms with Crippen molar-refractivity contribution in [2.24, 2.45) is 10.7 Å². The Kier molecular flexibility index (Phi) is 8.10. The number of guanidine groups is 1. The molecule has 0 saturated carbocycles. The van der Waals surface area contributed by atoms with Crippen LogP contribution in [0, 0.1) is 13.8 Å². The van der Waals surface area contributed by atoms with Crippen LogP contribution in [0.4, 0.5) is 5.69 Å². The van der Waals surface area contributed by atoms with Crippen molar-refractivity contribution in [2.75, 3.05) is 23.4 Å². The number of aliphatic imine (C=N–C) groups is 1. The van der Waals surface area contributed by atoms with Gasteiger partial charge in [-0.3, -0.25) is 4.99 Å². The van der Waals surface area contributed by atoms with E-state index in [9.17, 15) is 8.42 Å². The molecular weight excluding hydrogens is 389 g/mol. The molecule has 1 aromatic rings. The van der Waals surface area contributed by atoms with Gasteiger partial charge in [0.1, 0.15) is 0 Å². The summed E-state index contributed by atoms with van der Waals surface area (Å²) >= 11 is 0. The Morgan fingerprint density at radius 1 is 1.25 bits per heavy atom. The number of nitrogens with two attached hydrogens (primary N) is 1. The van der Waals surface area contributed by atoms with Gasteiger partial charge in [0.15, 0.2) is 15.8 Å². The molecule has 1 rings (SSSR count). The van der Waals surface area contributed by atoms with Gasteiger partial charge >= 0.3 is 0 Å². The van der Waals surface area contributed by atoms with Crippen molar-refractivity contribution in [3.8, 4) is 0 Å².